The molecular weight excluding hydrogens is 314 g/mol. The Morgan fingerprint density at radius 1 is 1.39 bits per heavy atom. The van der Waals surface area contributed by atoms with Gasteiger partial charge < -0.3 is 15.2 Å². The predicted octanol–water partition coefficient (Wildman–Crippen LogP) is 2.28. The van der Waals surface area contributed by atoms with Gasteiger partial charge in [-0.1, -0.05) is 5.16 Å². The highest BCUT2D eigenvalue weighted by molar-refractivity contribution is 7.13. The first kappa shape index (κ1) is 14.6. The van der Waals surface area contributed by atoms with E-state index in [4.69, 9.17) is 10.3 Å². The van der Waals surface area contributed by atoms with E-state index in [-0.39, 0.29) is 11.9 Å². The zero-order chi connectivity index (χ0) is 15.8. The van der Waals surface area contributed by atoms with Crippen LogP contribution in [-0.4, -0.2) is 32.5 Å². The van der Waals surface area contributed by atoms with Crippen molar-refractivity contribution < 1.29 is 9.32 Å². The summed E-state index contributed by atoms with van der Waals surface area (Å²) in [6.07, 6.45) is 5.20. The molecule has 1 aliphatic carbocycles. The zero-order valence-corrected chi connectivity index (χ0v) is 13.6. The Bertz CT molecular complexity index is 708. The fourth-order valence-corrected chi connectivity index (χ4v) is 3.63. The number of anilines is 1. The third-order valence-corrected chi connectivity index (χ3v) is 5.15. The molecular formula is C15H19N5O2S. The lowest BCUT2D eigenvalue weighted by Gasteiger charge is -2.21. The molecule has 122 valence electrons. The molecule has 1 saturated carbocycles. The van der Waals surface area contributed by atoms with Crippen molar-refractivity contribution >= 4 is 22.4 Å². The van der Waals surface area contributed by atoms with Crippen LogP contribution in [0, 0.1) is 0 Å². The fourth-order valence-electron chi connectivity index (χ4n) is 3.03. The Morgan fingerprint density at radius 3 is 3.00 bits per heavy atom. The van der Waals surface area contributed by atoms with E-state index in [1.807, 2.05) is 10.3 Å². The van der Waals surface area contributed by atoms with E-state index in [9.17, 15) is 4.79 Å². The number of hydrogen-bond acceptors (Lipinski definition) is 7. The first-order valence-corrected chi connectivity index (χ1v) is 8.91. The van der Waals surface area contributed by atoms with Gasteiger partial charge in [0, 0.05) is 24.3 Å². The maximum atomic E-state index is 12.5. The quantitative estimate of drug-likeness (QED) is 0.901. The minimum absolute atomic E-state index is 0.0667. The van der Waals surface area contributed by atoms with Gasteiger partial charge in [0.2, 0.25) is 11.8 Å². The van der Waals surface area contributed by atoms with Crippen molar-refractivity contribution in [3.63, 3.8) is 0 Å². The third kappa shape index (κ3) is 3.08. The SMILES string of the molecule is Nc1nc(CCC(=O)N2CCC[C@H]2c2nc(C3CC3)no2)cs1. The number of thiazole rings is 1. The molecule has 2 aromatic heterocycles. The number of amides is 1. The van der Waals surface area contributed by atoms with E-state index in [0.717, 1.165) is 43.7 Å². The van der Waals surface area contributed by atoms with Gasteiger partial charge in [0.1, 0.15) is 6.04 Å². The molecule has 2 fully saturated rings. The number of aromatic nitrogens is 3. The summed E-state index contributed by atoms with van der Waals surface area (Å²) in [6, 6.07) is -0.0667. The van der Waals surface area contributed by atoms with Gasteiger partial charge >= 0.3 is 0 Å². The van der Waals surface area contributed by atoms with Crippen LogP contribution in [0.3, 0.4) is 0 Å². The average molecular weight is 333 g/mol. The highest BCUT2D eigenvalue weighted by atomic mass is 32.1. The molecule has 0 aromatic carbocycles. The van der Waals surface area contributed by atoms with Crippen molar-refractivity contribution in [3.8, 4) is 0 Å². The number of aryl methyl sites for hydroxylation is 1. The number of hydrogen-bond donors (Lipinski definition) is 1. The fraction of sp³-hybridized carbons (Fsp3) is 0.600. The smallest absolute Gasteiger partial charge is 0.249 e. The number of carbonyl (C=O) groups excluding carboxylic acids is 1. The summed E-state index contributed by atoms with van der Waals surface area (Å²) in [7, 11) is 0. The van der Waals surface area contributed by atoms with Gasteiger partial charge in [-0.15, -0.1) is 11.3 Å². The van der Waals surface area contributed by atoms with Crippen molar-refractivity contribution in [2.75, 3.05) is 12.3 Å². The molecule has 23 heavy (non-hydrogen) atoms. The Kier molecular flexibility index (Phi) is 3.76. The van der Waals surface area contributed by atoms with E-state index in [1.54, 1.807) is 0 Å². The number of carbonyl (C=O) groups is 1. The van der Waals surface area contributed by atoms with E-state index in [1.165, 1.54) is 11.3 Å². The maximum Gasteiger partial charge on any atom is 0.249 e. The maximum absolute atomic E-state index is 12.5. The largest absolute Gasteiger partial charge is 0.375 e. The molecule has 0 spiro atoms. The summed E-state index contributed by atoms with van der Waals surface area (Å²) in [5, 5.41) is 6.52. The summed E-state index contributed by atoms with van der Waals surface area (Å²) in [4.78, 5) is 23.1. The molecule has 2 aliphatic rings. The van der Waals surface area contributed by atoms with Crippen LogP contribution in [0.1, 0.15) is 61.5 Å². The zero-order valence-electron chi connectivity index (χ0n) is 12.8. The minimum Gasteiger partial charge on any atom is -0.375 e. The van der Waals surface area contributed by atoms with Crippen LogP contribution >= 0.6 is 11.3 Å². The van der Waals surface area contributed by atoms with E-state index >= 15 is 0 Å². The Hall–Kier alpha value is -1.96. The van der Waals surface area contributed by atoms with Crippen molar-refractivity contribution in [2.45, 2.75) is 50.5 Å². The second-order valence-electron chi connectivity index (χ2n) is 6.19. The van der Waals surface area contributed by atoms with Crippen molar-refractivity contribution in [3.05, 3.63) is 22.8 Å². The van der Waals surface area contributed by atoms with Gasteiger partial charge in [-0.25, -0.2) is 4.98 Å². The second kappa shape index (κ2) is 5.92. The second-order valence-corrected chi connectivity index (χ2v) is 7.08. The molecule has 0 radical (unpaired) electrons. The first-order chi connectivity index (χ1) is 11.2. The molecule has 2 aromatic rings. The molecule has 0 unspecified atom stereocenters. The summed E-state index contributed by atoms with van der Waals surface area (Å²) in [6.45, 7) is 0.754. The van der Waals surface area contributed by atoms with Gasteiger partial charge in [-0.3, -0.25) is 4.79 Å². The topological polar surface area (TPSA) is 98.1 Å². The Balaban J connectivity index is 1.40. The molecule has 4 rings (SSSR count). The van der Waals surface area contributed by atoms with Crippen LogP contribution in [0.25, 0.3) is 0 Å². The first-order valence-electron chi connectivity index (χ1n) is 8.03. The minimum atomic E-state index is -0.0667. The standard InChI is InChI=1S/C15H19N5O2S/c16-15-17-10(8-23-15)5-6-12(21)20-7-1-2-11(20)14-18-13(19-22-14)9-3-4-9/h8-9,11H,1-7H2,(H2,16,17)/t11-/m0/s1. The van der Waals surface area contributed by atoms with Crippen LogP contribution < -0.4 is 5.73 Å². The number of nitrogens with two attached hydrogens (primary N) is 1. The molecule has 1 aliphatic heterocycles. The highest BCUT2D eigenvalue weighted by Gasteiger charge is 2.36. The molecule has 1 saturated heterocycles. The van der Waals surface area contributed by atoms with Gasteiger partial charge in [0.15, 0.2) is 11.0 Å². The molecule has 1 amide bonds. The van der Waals surface area contributed by atoms with E-state index < -0.39 is 0 Å². The Morgan fingerprint density at radius 2 is 2.26 bits per heavy atom. The number of likely N-dealkylation sites (tertiary alicyclic amines) is 1. The molecule has 7 nitrogen and oxygen atoms in total. The van der Waals surface area contributed by atoms with Gasteiger partial charge in [-0.2, -0.15) is 4.98 Å². The molecule has 8 heteroatoms. The molecule has 3 heterocycles. The van der Waals surface area contributed by atoms with Crippen molar-refractivity contribution in [1.82, 2.24) is 20.0 Å². The summed E-state index contributed by atoms with van der Waals surface area (Å²) in [5.74, 6) is 1.98. The summed E-state index contributed by atoms with van der Waals surface area (Å²) in [5.41, 5.74) is 6.50. The highest BCUT2D eigenvalue weighted by Crippen LogP contribution is 2.39. The van der Waals surface area contributed by atoms with Crippen LogP contribution in [0.5, 0.6) is 0 Å². The summed E-state index contributed by atoms with van der Waals surface area (Å²) < 4.78 is 5.41. The van der Waals surface area contributed by atoms with Gasteiger partial charge in [-0.05, 0) is 32.1 Å². The molecule has 1 atom stereocenters. The third-order valence-electron chi connectivity index (χ3n) is 4.42. The number of nitrogens with zero attached hydrogens (tertiary/aromatic N) is 4. The lowest BCUT2D eigenvalue weighted by atomic mass is 10.2. The van der Waals surface area contributed by atoms with E-state index in [2.05, 4.69) is 15.1 Å². The van der Waals surface area contributed by atoms with Crippen molar-refractivity contribution in [1.29, 1.82) is 0 Å². The van der Waals surface area contributed by atoms with Crippen LogP contribution in [-0.2, 0) is 11.2 Å². The molecule has 0 bridgehead atoms. The summed E-state index contributed by atoms with van der Waals surface area (Å²) >= 11 is 1.41. The number of nitrogen functional groups attached to an aromatic ring is 1. The normalized spacial score (nSPS) is 21.0. The van der Waals surface area contributed by atoms with Crippen LogP contribution in [0.2, 0.25) is 0 Å². The Labute approximate surface area is 137 Å². The lowest BCUT2D eigenvalue weighted by Crippen LogP contribution is -2.30. The predicted molar refractivity (Wildman–Crippen MR) is 84.8 cm³/mol. The van der Waals surface area contributed by atoms with Gasteiger partial charge in [0.25, 0.3) is 0 Å². The van der Waals surface area contributed by atoms with Gasteiger partial charge in [0.05, 0.1) is 5.69 Å². The number of rotatable bonds is 5. The monoisotopic (exact) mass is 333 g/mol. The van der Waals surface area contributed by atoms with Crippen molar-refractivity contribution in [2.24, 2.45) is 0 Å². The van der Waals surface area contributed by atoms with E-state index in [0.29, 0.717) is 29.8 Å². The van der Waals surface area contributed by atoms with Crippen LogP contribution in [0.4, 0.5) is 5.13 Å². The van der Waals surface area contributed by atoms with Crippen LogP contribution in [0.15, 0.2) is 9.90 Å². The lowest BCUT2D eigenvalue weighted by molar-refractivity contribution is -0.132. The molecule has 2 N–H and O–H groups in total. The average Bonchev–Trinajstić information content (AvgIpc) is 2.96.